The Morgan fingerprint density at radius 3 is 2.06 bits per heavy atom. The molecule has 0 bridgehead atoms. The van der Waals surface area contributed by atoms with Gasteiger partial charge in [0.1, 0.15) is 23.7 Å². The van der Waals surface area contributed by atoms with Gasteiger partial charge in [-0.1, -0.05) is 6.07 Å². The monoisotopic (exact) mass is 240 g/mol. The van der Waals surface area contributed by atoms with Crippen molar-refractivity contribution < 1.29 is 24.5 Å². The van der Waals surface area contributed by atoms with Crippen LogP contribution in [0.15, 0.2) is 24.3 Å². The smallest absolute Gasteiger partial charge is 0.313 e. The summed E-state index contributed by atoms with van der Waals surface area (Å²) in [6.45, 7) is 3.40. The summed E-state index contributed by atoms with van der Waals surface area (Å²) in [5.74, 6) is -0.423. The Labute approximate surface area is 99.7 Å². The van der Waals surface area contributed by atoms with E-state index in [0.717, 1.165) is 0 Å². The topological polar surface area (TPSA) is 83.8 Å². The van der Waals surface area contributed by atoms with E-state index in [0.29, 0.717) is 6.61 Å². The van der Waals surface area contributed by atoms with Gasteiger partial charge in [0.25, 0.3) is 0 Å². The van der Waals surface area contributed by atoms with E-state index >= 15 is 0 Å². The predicted octanol–water partition coefficient (Wildman–Crippen LogP) is 1.63. The average Bonchev–Trinajstić information content (AvgIpc) is 2.16. The first kappa shape index (κ1) is 15.0. The number of Topliss-reactive ketones (excluding diaryl/α,β-unsaturated/α-hetero) is 1. The highest BCUT2D eigenvalue weighted by molar-refractivity contribution is 5.94. The van der Waals surface area contributed by atoms with E-state index in [2.05, 4.69) is 4.74 Å². The van der Waals surface area contributed by atoms with Crippen LogP contribution >= 0.6 is 0 Å². The highest BCUT2D eigenvalue weighted by Gasteiger charge is 2.03. The molecule has 1 rings (SSSR count). The fourth-order valence-electron chi connectivity index (χ4n) is 0.908. The van der Waals surface area contributed by atoms with Crippen LogP contribution in [0, 0.1) is 0 Å². The molecule has 2 N–H and O–H groups in total. The summed E-state index contributed by atoms with van der Waals surface area (Å²) in [6, 6.07) is 5.85. The maximum atomic E-state index is 10.4. The predicted molar refractivity (Wildman–Crippen MR) is 61.7 cm³/mol. The number of hydrogen-bond donors (Lipinski definition) is 2. The van der Waals surface area contributed by atoms with E-state index < -0.39 is 5.97 Å². The lowest BCUT2D eigenvalue weighted by Gasteiger charge is -1.96. The van der Waals surface area contributed by atoms with Crippen molar-refractivity contribution in [2.75, 3.05) is 6.61 Å². The maximum Gasteiger partial charge on any atom is 0.313 e. The normalized spacial score (nSPS) is 8.82. The third kappa shape index (κ3) is 8.92. The second kappa shape index (κ2) is 8.15. The van der Waals surface area contributed by atoms with Crippen LogP contribution in [0.3, 0.4) is 0 Å². The van der Waals surface area contributed by atoms with Crippen LogP contribution in [0.1, 0.15) is 20.3 Å². The Morgan fingerprint density at radius 1 is 1.24 bits per heavy atom. The Hall–Kier alpha value is -2.04. The summed E-state index contributed by atoms with van der Waals surface area (Å²) >= 11 is 0. The van der Waals surface area contributed by atoms with Crippen molar-refractivity contribution >= 4 is 11.8 Å². The zero-order valence-electron chi connectivity index (χ0n) is 9.84. The first-order chi connectivity index (χ1) is 7.95. The molecule has 0 spiro atoms. The molecule has 0 unspecified atom stereocenters. The molecule has 0 atom stereocenters. The Morgan fingerprint density at radius 2 is 1.76 bits per heavy atom. The molecule has 0 aliphatic rings. The molecule has 0 amide bonds. The summed E-state index contributed by atoms with van der Waals surface area (Å²) in [7, 11) is 0. The second-order valence-electron chi connectivity index (χ2n) is 3.20. The highest BCUT2D eigenvalue weighted by Crippen LogP contribution is 2.14. The van der Waals surface area contributed by atoms with Crippen molar-refractivity contribution in [3.63, 3.8) is 0 Å². The summed E-state index contributed by atoms with van der Waals surface area (Å²) in [4.78, 5) is 20.6. The number of carbonyl (C=O) groups excluding carboxylic acids is 2. The first-order valence-corrected chi connectivity index (χ1v) is 5.08. The van der Waals surface area contributed by atoms with Crippen molar-refractivity contribution in [3.05, 3.63) is 24.3 Å². The van der Waals surface area contributed by atoms with Crippen LogP contribution in [0.2, 0.25) is 0 Å². The molecular weight excluding hydrogens is 224 g/mol. The summed E-state index contributed by atoms with van der Waals surface area (Å²) in [5, 5.41) is 17.3. The second-order valence-corrected chi connectivity index (χ2v) is 3.20. The average molecular weight is 240 g/mol. The van der Waals surface area contributed by atoms with Crippen LogP contribution in [-0.2, 0) is 14.3 Å². The Bertz CT molecular complexity index is 356. The van der Waals surface area contributed by atoms with Crippen LogP contribution in [-0.4, -0.2) is 28.6 Å². The molecule has 0 heterocycles. The molecule has 0 radical (unpaired) electrons. The van der Waals surface area contributed by atoms with E-state index in [9.17, 15) is 9.59 Å². The molecule has 1 aromatic carbocycles. The van der Waals surface area contributed by atoms with Crippen LogP contribution < -0.4 is 0 Å². The zero-order chi connectivity index (χ0) is 13.3. The van der Waals surface area contributed by atoms with Crippen molar-refractivity contribution in [2.45, 2.75) is 20.3 Å². The fourth-order valence-corrected chi connectivity index (χ4v) is 0.908. The molecule has 0 saturated heterocycles. The molecule has 5 nitrogen and oxygen atoms in total. The van der Waals surface area contributed by atoms with Gasteiger partial charge >= 0.3 is 5.97 Å². The Balaban J connectivity index is 0.000000302. The molecule has 1 aromatic rings. The molecule has 0 saturated carbocycles. The molecule has 5 heteroatoms. The van der Waals surface area contributed by atoms with E-state index in [1.165, 1.54) is 25.1 Å². The van der Waals surface area contributed by atoms with E-state index in [1.807, 2.05) is 0 Å². The molecule has 0 aliphatic carbocycles. The number of phenols is 2. The molecule has 0 aliphatic heterocycles. The number of ether oxygens (including phenoxy) is 1. The van der Waals surface area contributed by atoms with Gasteiger partial charge in [0.2, 0.25) is 0 Å². The van der Waals surface area contributed by atoms with Crippen LogP contribution in [0.5, 0.6) is 11.5 Å². The minimum Gasteiger partial charge on any atom is -0.508 e. The molecule has 0 aromatic heterocycles. The van der Waals surface area contributed by atoms with Crippen molar-refractivity contribution in [1.82, 2.24) is 0 Å². The van der Waals surface area contributed by atoms with Crippen molar-refractivity contribution in [3.8, 4) is 11.5 Å². The number of rotatable bonds is 3. The third-order valence-electron chi connectivity index (χ3n) is 1.53. The first-order valence-electron chi connectivity index (χ1n) is 5.08. The SMILES string of the molecule is CCOC(=O)CC(C)=O.Oc1cccc(O)c1. The lowest BCUT2D eigenvalue weighted by atomic mass is 10.3. The van der Waals surface area contributed by atoms with Crippen molar-refractivity contribution in [2.24, 2.45) is 0 Å². The van der Waals surface area contributed by atoms with Crippen LogP contribution in [0.25, 0.3) is 0 Å². The van der Waals surface area contributed by atoms with E-state index in [4.69, 9.17) is 10.2 Å². The summed E-state index contributed by atoms with van der Waals surface area (Å²) < 4.78 is 4.49. The largest absolute Gasteiger partial charge is 0.508 e. The number of ketones is 1. The van der Waals surface area contributed by atoms with Gasteiger partial charge in [0.15, 0.2) is 0 Å². The Kier molecular flexibility index (Phi) is 7.17. The van der Waals surface area contributed by atoms with Gasteiger partial charge in [-0.15, -0.1) is 0 Å². The van der Waals surface area contributed by atoms with Crippen LogP contribution in [0.4, 0.5) is 0 Å². The lowest BCUT2D eigenvalue weighted by molar-refractivity contribution is -0.145. The summed E-state index contributed by atoms with van der Waals surface area (Å²) in [5.41, 5.74) is 0. The minimum absolute atomic E-state index is 0.0880. The number of esters is 1. The lowest BCUT2D eigenvalue weighted by Crippen LogP contribution is -2.07. The quantitative estimate of drug-likeness (QED) is 0.619. The third-order valence-corrected chi connectivity index (χ3v) is 1.53. The van der Waals surface area contributed by atoms with E-state index in [-0.39, 0.29) is 23.7 Å². The van der Waals surface area contributed by atoms with E-state index in [1.54, 1.807) is 13.0 Å². The van der Waals surface area contributed by atoms with Gasteiger partial charge < -0.3 is 14.9 Å². The van der Waals surface area contributed by atoms with Gasteiger partial charge in [-0.25, -0.2) is 0 Å². The minimum atomic E-state index is -0.440. The zero-order valence-corrected chi connectivity index (χ0v) is 9.84. The number of aromatic hydroxyl groups is 2. The number of hydrogen-bond acceptors (Lipinski definition) is 5. The highest BCUT2D eigenvalue weighted by atomic mass is 16.5. The van der Waals surface area contributed by atoms with Gasteiger partial charge in [0, 0.05) is 6.07 Å². The van der Waals surface area contributed by atoms with Gasteiger partial charge in [-0.05, 0) is 26.0 Å². The van der Waals surface area contributed by atoms with Gasteiger partial charge in [0.05, 0.1) is 6.61 Å². The molecule has 0 fully saturated rings. The molecule has 17 heavy (non-hydrogen) atoms. The molecule has 94 valence electrons. The van der Waals surface area contributed by atoms with Gasteiger partial charge in [-0.3, -0.25) is 9.59 Å². The number of phenolic OH excluding ortho intramolecular Hbond substituents is 2. The fraction of sp³-hybridized carbons (Fsp3) is 0.333. The summed E-state index contributed by atoms with van der Waals surface area (Å²) in [6.07, 6.45) is -0.103. The molecular formula is C12H16O5. The van der Waals surface area contributed by atoms with Gasteiger partial charge in [-0.2, -0.15) is 0 Å². The number of carbonyl (C=O) groups is 2. The number of benzene rings is 1. The van der Waals surface area contributed by atoms with Crippen molar-refractivity contribution in [1.29, 1.82) is 0 Å². The maximum absolute atomic E-state index is 10.4. The standard InChI is InChI=1S/C6H10O3.C6H6O2/c1-3-9-6(8)4-5(2)7;7-5-2-1-3-6(8)4-5/h3-4H2,1-2H3;1-4,7-8H.